The van der Waals surface area contributed by atoms with E-state index in [0.29, 0.717) is 18.9 Å². The van der Waals surface area contributed by atoms with E-state index in [0.717, 1.165) is 5.56 Å². The molecule has 0 radical (unpaired) electrons. The molecule has 10 heteroatoms. The molecular formula is C20H22ClN5O3S. The molecule has 0 aliphatic rings. The summed E-state index contributed by atoms with van der Waals surface area (Å²) in [6.45, 7) is 4.36. The van der Waals surface area contributed by atoms with E-state index in [-0.39, 0.29) is 22.0 Å². The normalized spacial score (nSPS) is 11.6. The molecule has 0 aliphatic carbocycles. The van der Waals surface area contributed by atoms with Gasteiger partial charge in [-0.2, -0.15) is 9.40 Å². The smallest absolute Gasteiger partial charge is 0.253 e. The standard InChI is InChI=1S/C20H22ClN5O3S/c1-3-25(4-2)30(28,29)16-8-9-18(21)17(13-16)20(27)23-14-15-7-5-10-22-19(15)26-12-6-11-24-26/h5-13H,3-4,14H2,1-2H3,(H,23,27). The maximum Gasteiger partial charge on any atom is 0.253 e. The summed E-state index contributed by atoms with van der Waals surface area (Å²) in [5, 5.41) is 7.12. The van der Waals surface area contributed by atoms with Crippen LogP contribution in [-0.2, 0) is 16.6 Å². The van der Waals surface area contributed by atoms with Crippen molar-refractivity contribution in [3.05, 3.63) is 71.1 Å². The van der Waals surface area contributed by atoms with Crippen molar-refractivity contribution in [1.29, 1.82) is 0 Å². The van der Waals surface area contributed by atoms with Gasteiger partial charge in [-0.15, -0.1) is 0 Å². The average molecular weight is 448 g/mol. The lowest BCUT2D eigenvalue weighted by Gasteiger charge is -2.19. The minimum atomic E-state index is -3.70. The van der Waals surface area contributed by atoms with Crippen molar-refractivity contribution in [1.82, 2.24) is 24.4 Å². The zero-order valence-corrected chi connectivity index (χ0v) is 18.2. The highest BCUT2D eigenvalue weighted by Crippen LogP contribution is 2.23. The van der Waals surface area contributed by atoms with Crippen molar-refractivity contribution in [3.63, 3.8) is 0 Å². The van der Waals surface area contributed by atoms with Crippen molar-refractivity contribution < 1.29 is 13.2 Å². The van der Waals surface area contributed by atoms with E-state index < -0.39 is 15.9 Å². The van der Waals surface area contributed by atoms with Crippen LogP contribution in [0, 0.1) is 0 Å². The molecule has 0 saturated carbocycles. The third kappa shape index (κ3) is 4.53. The van der Waals surface area contributed by atoms with E-state index in [1.165, 1.54) is 22.5 Å². The van der Waals surface area contributed by atoms with Gasteiger partial charge in [-0.3, -0.25) is 4.79 Å². The molecule has 0 bridgehead atoms. The fourth-order valence-electron chi connectivity index (χ4n) is 2.99. The predicted molar refractivity (Wildman–Crippen MR) is 114 cm³/mol. The Morgan fingerprint density at radius 3 is 2.60 bits per heavy atom. The Morgan fingerprint density at radius 1 is 1.17 bits per heavy atom. The van der Waals surface area contributed by atoms with Crippen LogP contribution in [0.1, 0.15) is 29.8 Å². The van der Waals surface area contributed by atoms with Crippen LogP contribution in [0.25, 0.3) is 5.82 Å². The highest BCUT2D eigenvalue weighted by molar-refractivity contribution is 7.89. The first-order chi connectivity index (χ1) is 14.4. The maximum atomic E-state index is 12.8. The highest BCUT2D eigenvalue weighted by Gasteiger charge is 2.24. The number of pyridine rings is 1. The zero-order valence-electron chi connectivity index (χ0n) is 16.6. The molecule has 2 aromatic heterocycles. The fraction of sp³-hybridized carbons (Fsp3) is 0.250. The summed E-state index contributed by atoms with van der Waals surface area (Å²) in [6, 6.07) is 9.50. The Balaban J connectivity index is 1.84. The molecule has 158 valence electrons. The zero-order chi connectivity index (χ0) is 21.7. The third-order valence-electron chi connectivity index (χ3n) is 4.55. The van der Waals surface area contributed by atoms with Gasteiger partial charge in [0.05, 0.1) is 15.5 Å². The van der Waals surface area contributed by atoms with Gasteiger partial charge in [0.15, 0.2) is 5.82 Å². The van der Waals surface area contributed by atoms with Crippen LogP contribution in [0.3, 0.4) is 0 Å². The highest BCUT2D eigenvalue weighted by atomic mass is 35.5. The number of carbonyl (C=O) groups excluding carboxylic acids is 1. The summed E-state index contributed by atoms with van der Waals surface area (Å²) in [5.41, 5.74) is 0.840. The van der Waals surface area contributed by atoms with Gasteiger partial charge in [0.1, 0.15) is 0 Å². The Kier molecular flexibility index (Phi) is 6.86. The first kappa shape index (κ1) is 21.9. The molecule has 0 fully saturated rings. The van der Waals surface area contributed by atoms with E-state index in [4.69, 9.17) is 11.6 Å². The number of halogens is 1. The summed E-state index contributed by atoms with van der Waals surface area (Å²) in [6.07, 6.45) is 5.03. The SMILES string of the molecule is CCN(CC)S(=O)(=O)c1ccc(Cl)c(C(=O)NCc2cccnc2-n2cccn2)c1. The maximum absolute atomic E-state index is 12.8. The van der Waals surface area contributed by atoms with E-state index in [9.17, 15) is 13.2 Å². The van der Waals surface area contributed by atoms with Gasteiger partial charge in [0, 0.05) is 43.8 Å². The number of carbonyl (C=O) groups is 1. The van der Waals surface area contributed by atoms with Crippen LogP contribution in [0.4, 0.5) is 0 Å². The number of benzene rings is 1. The second-order valence-corrected chi connectivity index (χ2v) is 8.70. The van der Waals surface area contributed by atoms with E-state index >= 15 is 0 Å². The van der Waals surface area contributed by atoms with Crippen LogP contribution >= 0.6 is 11.6 Å². The molecule has 8 nitrogen and oxygen atoms in total. The molecule has 30 heavy (non-hydrogen) atoms. The molecule has 3 rings (SSSR count). The summed E-state index contributed by atoms with van der Waals surface area (Å²) in [5.74, 6) is 0.110. The van der Waals surface area contributed by atoms with Crippen LogP contribution in [0.5, 0.6) is 0 Å². The monoisotopic (exact) mass is 447 g/mol. The van der Waals surface area contributed by atoms with E-state index in [1.54, 1.807) is 49.3 Å². The Hall–Kier alpha value is -2.75. The number of hydrogen-bond acceptors (Lipinski definition) is 5. The van der Waals surface area contributed by atoms with Crippen LogP contribution in [0.2, 0.25) is 5.02 Å². The van der Waals surface area contributed by atoms with E-state index in [2.05, 4.69) is 15.4 Å². The average Bonchev–Trinajstić information content (AvgIpc) is 3.28. The molecule has 1 aromatic carbocycles. The molecule has 0 unspecified atom stereocenters. The van der Waals surface area contributed by atoms with Crippen molar-refractivity contribution >= 4 is 27.5 Å². The Bertz CT molecular complexity index is 1130. The molecule has 0 atom stereocenters. The largest absolute Gasteiger partial charge is 0.348 e. The second-order valence-electron chi connectivity index (χ2n) is 6.35. The molecule has 1 amide bonds. The van der Waals surface area contributed by atoms with Crippen molar-refractivity contribution in [2.75, 3.05) is 13.1 Å². The topological polar surface area (TPSA) is 97.2 Å². The quantitative estimate of drug-likeness (QED) is 0.572. The first-order valence-electron chi connectivity index (χ1n) is 9.40. The predicted octanol–water partition coefficient (Wildman–Crippen LogP) is 2.88. The second kappa shape index (κ2) is 9.38. The van der Waals surface area contributed by atoms with Gasteiger partial charge in [-0.05, 0) is 30.3 Å². The number of aromatic nitrogens is 3. The Morgan fingerprint density at radius 2 is 1.93 bits per heavy atom. The minimum Gasteiger partial charge on any atom is -0.348 e. The molecule has 0 spiro atoms. The molecular weight excluding hydrogens is 426 g/mol. The van der Waals surface area contributed by atoms with Crippen molar-refractivity contribution in [2.45, 2.75) is 25.3 Å². The van der Waals surface area contributed by atoms with Crippen LogP contribution < -0.4 is 5.32 Å². The molecule has 2 heterocycles. The lowest BCUT2D eigenvalue weighted by atomic mass is 10.2. The van der Waals surface area contributed by atoms with Crippen molar-refractivity contribution in [2.24, 2.45) is 0 Å². The summed E-state index contributed by atoms with van der Waals surface area (Å²) in [7, 11) is -3.70. The number of rotatable bonds is 8. The number of sulfonamides is 1. The third-order valence-corrected chi connectivity index (χ3v) is 6.93. The van der Waals surface area contributed by atoms with Gasteiger partial charge >= 0.3 is 0 Å². The van der Waals surface area contributed by atoms with Crippen LogP contribution in [-0.4, -0.2) is 46.5 Å². The summed E-state index contributed by atoms with van der Waals surface area (Å²) < 4.78 is 28.5. The van der Waals surface area contributed by atoms with Gasteiger partial charge in [-0.25, -0.2) is 18.1 Å². The molecule has 3 aromatic rings. The van der Waals surface area contributed by atoms with Gasteiger partial charge < -0.3 is 5.32 Å². The van der Waals surface area contributed by atoms with E-state index in [1.807, 2.05) is 6.07 Å². The van der Waals surface area contributed by atoms with Gasteiger partial charge in [0.2, 0.25) is 10.0 Å². The lowest BCUT2D eigenvalue weighted by Crippen LogP contribution is -2.31. The number of amides is 1. The Labute approximate surface area is 180 Å². The number of nitrogens with one attached hydrogen (secondary N) is 1. The van der Waals surface area contributed by atoms with Gasteiger partial charge in [0.25, 0.3) is 5.91 Å². The molecule has 1 N–H and O–H groups in total. The van der Waals surface area contributed by atoms with Gasteiger partial charge in [-0.1, -0.05) is 31.5 Å². The number of nitrogens with zero attached hydrogens (tertiary/aromatic N) is 4. The number of hydrogen-bond donors (Lipinski definition) is 1. The van der Waals surface area contributed by atoms with Crippen molar-refractivity contribution in [3.8, 4) is 5.82 Å². The fourth-order valence-corrected chi connectivity index (χ4v) is 4.68. The first-order valence-corrected chi connectivity index (χ1v) is 11.2. The lowest BCUT2D eigenvalue weighted by molar-refractivity contribution is 0.0951. The molecule has 0 aliphatic heterocycles. The molecule has 0 saturated heterocycles. The summed E-state index contributed by atoms with van der Waals surface area (Å²) >= 11 is 6.19. The summed E-state index contributed by atoms with van der Waals surface area (Å²) in [4.78, 5) is 17.1. The van der Waals surface area contributed by atoms with Crippen LogP contribution in [0.15, 0.2) is 59.9 Å². The minimum absolute atomic E-state index is 0.0272.